The van der Waals surface area contributed by atoms with E-state index in [9.17, 15) is 0 Å². The largest absolute Gasteiger partial charge is 0.368 e. The monoisotopic (exact) mass is 505 g/mol. The van der Waals surface area contributed by atoms with E-state index in [0.717, 1.165) is 54.5 Å². The number of anilines is 1. The van der Waals surface area contributed by atoms with Gasteiger partial charge in [-0.2, -0.15) is 0 Å². The van der Waals surface area contributed by atoms with Gasteiger partial charge in [-0.3, -0.25) is 0 Å². The molecule has 0 spiro atoms. The van der Waals surface area contributed by atoms with Crippen LogP contribution in [0, 0.1) is 0 Å². The molecule has 2 heterocycles. The summed E-state index contributed by atoms with van der Waals surface area (Å²) < 4.78 is 2.09. The Morgan fingerprint density at radius 1 is 0.838 bits per heavy atom. The maximum atomic E-state index is 4.75. The molecule has 0 aliphatic carbocycles. The van der Waals surface area contributed by atoms with Crippen molar-refractivity contribution >= 4 is 34.3 Å². The zero-order chi connectivity index (χ0) is 25.3. The van der Waals surface area contributed by atoms with Crippen LogP contribution in [0.1, 0.15) is 36.0 Å². The van der Waals surface area contributed by atoms with Gasteiger partial charge in [0.05, 0.1) is 12.9 Å². The van der Waals surface area contributed by atoms with Crippen LogP contribution in [-0.4, -0.2) is 32.3 Å². The average Bonchev–Trinajstić information content (AvgIpc) is 3.36. The summed E-state index contributed by atoms with van der Waals surface area (Å²) in [6.45, 7) is 1.57. The summed E-state index contributed by atoms with van der Waals surface area (Å²) in [5.41, 5.74) is 6.71. The van der Waals surface area contributed by atoms with Gasteiger partial charge in [-0.1, -0.05) is 109 Å². The summed E-state index contributed by atoms with van der Waals surface area (Å²) in [6.07, 6.45) is 9.38. The third kappa shape index (κ3) is 6.27. The minimum absolute atomic E-state index is 0.735. The summed E-state index contributed by atoms with van der Waals surface area (Å²) in [6, 6.07) is 31.6. The van der Waals surface area contributed by atoms with Crippen LogP contribution in [0.5, 0.6) is 0 Å². The first-order chi connectivity index (χ1) is 18.3. The molecule has 37 heavy (non-hydrogen) atoms. The van der Waals surface area contributed by atoms with E-state index in [0.29, 0.717) is 0 Å². The van der Waals surface area contributed by atoms with Gasteiger partial charge < -0.3 is 9.88 Å². The highest BCUT2D eigenvalue weighted by atomic mass is 32.2. The molecule has 0 fully saturated rings. The number of hydrogen-bond donors (Lipinski definition) is 1. The Labute approximate surface area is 222 Å². The molecule has 1 N–H and O–H groups in total. The Morgan fingerprint density at radius 2 is 1.49 bits per heavy atom. The molecule has 0 unspecified atom stereocenters. The van der Waals surface area contributed by atoms with Gasteiger partial charge >= 0.3 is 0 Å². The van der Waals surface area contributed by atoms with Crippen LogP contribution in [-0.2, 0) is 6.54 Å². The number of nitrogens with zero attached hydrogens (tertiary/aromatic N) is 4. The molecular weight excluding hydrogens is 474 g/mol. The van der Waals surface area contributed by atoms with Gasteiger partial charge in [0, 0.05) is 6.54 Å². The molecule has 5 rings (SSSR count). The van der Waals surface area contributed by atoms with Gasteiger partial charge in [-0.05, 0) is 47.8 Å². The number of allylic oxidation sites excluding steroid dienone is 1. The van der Waals surface area contributed by atoms with Gasteiger partial charge in [-0.25, -0.2) is 15.0 Å². The normalized spacial score (nSPS) is 10.9. The number of thioether (sulfide) groups is 1. The van der Waals surface area contributed by atoms with Crippen LogP contribution >= 0.6 is 11.8 Å². The Kier molecular flexibility index (Phi) is 8.28. The standard InChI is InChI=1S/C31H31N5S/c1-37-31-34-29(28-30(35-31)36(23-33-28)22-24-14-6-2-7-15-24)32-21-13-5-12-20-27(25-16-8-3-9-17-25)26-18-10-4-11-19-26/h2-4,6-11,14-20,23H,5,12-13,21-22H2,1H3,(H,32,34,35). The van der Waals surface area contributed by atoms with Crippen molar-refractivity contribution < 1.29 is 0 Å². The topological polar surface area (TPSA) is 55.6 Å². The lowest BCUT2D eigenvalue weighted by atomic mass is 9.96. The van der Waals surface area contributed by atoms with Crippen molar-refractivity contribution in [2.45, 2.75) is 31.0 Å². The molecule has 6 heteroatoms. The summed E-state index contributed by atoms with van der Waals surface area (Å²) >= 11 is 1.55. The molecule has 0 aliphatic rings. The Balaban J connectivity index is 1.23. The molecule has 0 amide bonds. The van der Waals surface area contributed by atoms with Crippen LogP contribution in [0.2, 0.25) is 0 Å². The number of rotatable bonds is 11. The maximum Gasteiger partial charge on any atom is 0.191 e. The number of hydrogen-bond acceptors (Lipinski definition) is 5. The molecule has 0 radical (unpaired) electrons. The van der Waals surface area contributed by atoms with Crippen molar-refractivity contribution in [2.75, 3.05) is 18.1 Å². The number of nitrogens with one attached hydrogen (secondary N) is 1. The zero-order valence-corrected chi connectivity index (χ0v) is 21.9. The SMILES string of the molecule is CSc1nc(NCCCCC=C(c2ccccc2)c2ccccc2)c2ncn(Cc3ccccc3)c2n1. The van der Waals surface area contributed by atoms with E-state index in [2.05, 4.69) is 106 Å². The second kappa shape index (κ2) is 12.4. The fourth-order valence-electron chi connectivity index (χ4n) is 4.39. The summed E-state index contributed by atoms with van der Waals surface area (Å²) in [5.74, 6) is 0.811. The van der Waals surface area contributed by atoms with Crippen molar-refractivity contribution in [1.82, 2.24) is 19.5 Å². The lowest BCUT2D eigenvalue weighted by Gasteiger charge is -2.10. The van der Waals surface area contributed by atoms with Crippen molar-refractivity contribution in [3.05, 3.63) is 120 Å². The number of benzene rings is 3. The van der Waals surface area contributed by atoms with Crippen LogP contribution in [0.3, 0.4) is 0 Å². The second-order valence-electron chi connectivity index (χ2n) is 8.86. The number of aromatic nitrogens is 4. The third-order valence-electron chi connectivity index (χ3n) is 6.26. The van der Waals surface area contributed by atoms with Crippen molar-refractivity contribution in [3.8, 4) is 0 Å². The number of imidazole rings is 1. The van der Waals surface area contributed by atoms with E-state index in [4.69, 9.17) is 9.97 Å². The molecule has 0 saturated heterocycles. The van der Waals surface area contributed by atoms with Crippen LogP contribution < -0.4 is 5.32 Å². The van der Waals surface area contributed by atoms with Gasteiger partial charge in [0.25, 0.3) is 0 Å². The van der Waals surface area contributed by atoms with Gasteiger partial charge in [0.15, 0.2) is 22.1 Å². The molecule has 5 nitrogen and oxygen atoms in total. The predicted octanol–water partition coefficient (Wildman–Crippen LogP) is 7.31. The minimum atomic E-state index is 0.735. The first kappa shape index (κ1) is 24.8. The number of unbranched alkanes of at least 4 members (excludes halogenated alkanes) is 2. The van der Waals surface area contributed by atoms with Gasteiger partial charge in [0.2, 0.25) is 0 Å². The molecule has 186 valence electrons. The smallest absolute Gasteiger partial charge is 0.191 e. The summed E-state index contributed by atoms with van der Waals surface area (Å²) in [4.78, 5) is 14.1. The second-order valence-corrected chi connectivity index (χ2v) is 9.64. The quantitative estimate of drug-likeness (QED) is 0.116. The van der Waals surface area contributed by atoms with Crippen molar-refractivity contribution in [1.29, 1.82) is 0 Å². The molecule has 0 bridgehead atoms. The molecule has 0 saturated carbocycles. The minimum Gasteiger partial charge on any atom is -0.368 e. The van der Waals surface area contributed by atoms with E-state index in [1.54, 1.807) is 11.8 Å². The molecular formula is C31H31N5S. The summed E-state index contributed by atoms with van der Waals surface area (Å²) in [7, 11) is 0. The molecule has 0 aliphatic heterocycles. The van der Waals surface area contributed by atoms with Gasteiger partial charge in [-0.15, -0.1) is 0 Å². The highest BCUT2D eigenvalue weighted by molar-refractivity contribution is 7.98. The fraction of sp³-hybridized carbons (Fsp3) is 0.194. The first-order valence-electron chi connectivity index (χ1n) is 12.7. The molecule has 5 aromatic rings. The van der Waals surface area contributed by atoms with E-state index in [1.807, 2.05) is 18.6 Å². The number of fused-ring (bicyclic) bond motifs is 1. The average molecular weight is 506 g/mol. The van der Waals surface area contributed by atoms with Crippen LogP contribution in [0.25, 0.3) is 16.7 Å². The van der Waals surface area contributed by atoms with E-state index >= 15 is 0 Å². The Morgan fingerprint density at radius 3 is 2.14 bits per heavy atom. The van der Waals surface area contributed by atoms with E-state index < -0.39 is 0 Å². The third-order valence-corrected chi connectivity index (χ3v) is 6.81. The zero-order valence-electron chi connectivity index (χ0n) is 21.0. The Bertz CT molecular complexity index is 1410. The highest BCUT2D eigenvalue weighted by Crippen LogP contribution is 2.25. The summed E-state index contributed by atoms with van der Waals surface area (Å²) in [5, 5.41) is 4.28. The highest BCUT2D eigenvalue weighted by Gasteiger charge is 2.13. The van der Waals surface area contributed by atoms with Crippen LogP contribution in [0.4, 0.5) is 5.82 Å². The fourth-order valence-corrected chi connectivity index (χ4v) is 4.76. The van der Waals surface area contributed by atoms with Crippen molar-refractivity contribution in [2.24, 2.45) is 0 Å². The maximum absolute atomic E-state index is 4.75. The molecule has 3 aromatic carbocycles. The molecule has 2 aromatic heterocycles. The predicted molar refractivity (Wildman–Crippen MR) is 155 cm³/mol. The van der Waals surface area contributed by atoms with Crippen molar-refractivity contribution in [3.63, 3.8) is 0 Å². The van der Waals surface area contributed by atoms with E-state index in [1.165, 1.54) is 22.3 Å². The molecule has 0 atom stereocenters. The van der Waals surface area contributed by atoms with Crippen LogP contribution in [0.15, 0.2) is 109 Å². The lowest BCUT2D eigenvalue weighted by molar-refractivity contribution is 0.775. The van der Waals surface area contributed by atoms with E-state index in [-0.39, 0.29) is 0 Å². The lowest BCUT2D eigenvalue weighted by Crippen LogP contribution is -2.06. The Hall–Kier alpha value is -3.90. The van der Waals surface area contributed by atoms with Gasteiger partial charge in [0.1, 0.15) is 0 Å². The first-order valence-corrected chi connectivity index (χ1v) is 13.9.